The Bertz CT molecular complexity index is 592. The monoisotopic (exact) mass is 278 g/mol. The van der Waals surface area contributed by atoms with Gasteiger partial charge in [-0.1, -0.05) is 11.6 Å². The number of fused-ring (bicyclic) bond motifs is 1. The van der Waals surface area contributed by atoms with Gasteiger partial charge in [-0.2, -0.15) is 0 Å². The van der Waals surface area contributed by atoms with Gasteiger partial charge >= 0.3 is 0 Å². The van der Waals surface area contributed by atoms with Gasteiger partial charge in [-0.3, -0.25) is 4.98 Å². The number of rotatable bonds is 2. The molecule has 0 aromatic carbocycles. The fraction of sp³-hybridized carbons (Fsp3) is 0.462. The van der Waals surface area contributed by atoms with Gasteiger partial charge in [0.25, 0.3) is 0 Å². The largest absolute Gasteiger partial charge is 0.393 e. The number of nitrogens with one attached hydrogen (secondary N) is 1. The number of hydrogen-bond acceptors (Lipinski definition) is 5. The van der Waals surface area contributed by atoms with Crippen molar-refractivity contribution in [3.8, 4) is 0 Å². The highest BCUT2D eigenvalue weighted by Crippen LogP contribution is 2.27. The van der Waals surface area contributed by atoms with Crippen LogP contribution in [0.15, 0.2) is 18.5 Å². The van der Waals surface area contributed by atoms with Crippen LogP contribution < -0.4 is 5.32 Å². The molecule has 2 heterocycles. The number of hydrogen-bond donors (Lipinski definition) is 2. The molecule has 0 aliphatic heterocycles. The second-order valence-corrected chi connectivity index (χ2v) is 5.28. The molecule has 6 heteroatoms. The third-order valence-corrected chi connectivity index (χ3v) is 3.80. The quantitative estimate of drug-likeness (QED) is 0.883. The summed E-state index contributed by atoms with van der Waals surface area (Å²) in [6.45, 7) is 0. The molecule has 2 aromatic heterocycles. The fourth-order valence-electron chi connectivity index (χ4n) is 2.56. The number of aliphatic hydroxyl groups excluding tert-OH is 1. The van der Waals surface area contributed by atoms with E-state index in [1.807, 2.05) is 6.07 Å². The minimum Gasteiger partial charge on any atom is -0.393 e. The van der Waals surface area contributed by atoms with Crippen molar-refractivity contribution in [2.45, 2.75) is 37.8 Å². The topological polar surface area (TPSA) is 70.9 Å². The van der Waals surface area contributed by atoms with E-state index >= 15 is 0 Å². The molecule has 2 atom stereocenters. The smallest absolute Gasteiger partial charge is 0.159 e. The Balaban J connectivity index is 1.90. The highest BCUT2D eigenvalue weighted by Gasteiger charge is 2.21. The summed E-state index contributed by atoms with van der Waals surface area (Å²) in [4.78, 5) is 4.11. The van der Waals surface area contributed by atoms with Crippen LogP contribution >= 0.6 is 11.6 Å². The number of anilines is 1. The number of aromatic nitrogens is 3. The zero-order chi connectivity index (χ0) is 13.2. The van der Waals surface area contributed by atoms with E-state index < -0.39 is 0 Å². The summed E-state index contributed by atoms with van der Waals surface area (Å²) in [7, 11) is 0. The minimum atomic E-state index is -0.226. The molecule has 0 bridgehead atoms. The maximum absolute atomic E-state index is 9.71. The molecule has 19 heavy (non-hydrogen) atoms. The van der Waals surface area contributed by atoms with Crippen LogP contribution in [0.5, 0.6) is 0 Å². The Morgan fingerprint density at radius 3 is 3.00 bits per heavy atom. The number of halogens is 1. The molecule has 1 aliphatic carbocycles. The van der Waals surface area contributed by atoms with Crippen molar-refractivity contribution in [1.29, 1.82) is 0 Å². The zero-order valence-electron chi connectivity index (χ0n) is 10.4. The van der Waals surface area contributed by atoms with Crippen LogP contribution in [0.2, 0.25) is 5.15 Å². The first-order chi connectivity index (χ1) is 9.24. The molecule has 1 fully saturated rings. The molecule has 0 amide bonds. The summed E-state index contributed by atoms with van der Waals surface area (Å²) in [6, 6.07) is 2.05. The average Bonchev–Trinajstić information content (AvgIpc) is 2.42. The van der Waals surface area contributed by atoms with Gasteiger partial charge in [0, 0.05) is 29.2 Å². The average molecular weight is 279 g/mol. The number of aliphatic hydroxyl groups is 1. The summed E-state index contributed by atoms with van der Waals surface area (Å²) >= 11 is 6.03. The molecular weight excluding hydrogens is 264 g/mol. The fourth-order valence-corrected chi connectivity index (χ4v) is 2.76. The van der Waals surface area contributed by atoms with E-state index in [1.165, 1.54) is 0 Å². The second-order valence-electron chi connectivity index (χ2n) is 4.92. The Labute approximate surface area is 116 Å². The second kappa shape index (κ2) is 5.27. The predicted molar refractivity (Wildman–Crippen MR) is 74.2 cm³/mol. The van der Waals surface area contributed by atoms with Gasteiger partial charge in [-0.25, -0.2) is 0 Å². The molecule has 2 aromatic rings. The zero-order valence-corrected chi connectivity index (χ0v) is 11.1. The third-order valence-electron chi connectivity index (χ3n) is 3.52. The predicted octanol–water partition coefficient (Wildman–Crippen LogP) is 2.39. The van der Waals surface area contributed by atoms with Crippen molar-refractivity contribution in [2.24, 2.45) is 0 Å². The van der Waals surface area contributed by atoms with Gasteiger partial charge in [-0.05, 0) is 31.7 Å². The van der Waals surface area contributed by atoms with Crippen molar-refractivity contribution >= 4 is 28.2 Å². The van der Waals surface area contributed by atoms with E-state index in [9.17, 15) is 5.11 Å². The SMILES string of the molecule is O[C@H]1CCC[C@@H](Nc2nnc(Cl)c3ccncc23)C1. The standard InChI is InChI=1S/C13H15ClN4O/c14-12-10-4-5-15-7-11(10)13(18-17-12)16-8-2-1-3-9(19)6-8/h4-5,7-9,19H,1-3,6H2,(H,16,18)/t8-,9+/m1/s1. The number of nitrogens with zero attached hydrogens (tertiary/aromatic N) is 3. The van der Waals surface area contributed by atoms with E-state index in [2.05, 4.69) is 20.5 Å². The van der Waals surface area contributed by atoms with Gasteiger partial charge < -0.3 is 10.4 Å². The van der Waals surface area contributed by atoms with Crippen LogP contribution in [-0.2, 0) is 0 Å². The van der Waals surface area contributed by atoms with Crippen LogP contribution in [0, 0.1) is 0 Å². The molecule has 0 spiro atoms. The minimum absolute atomic E-state index is 0.225. The lowest BCUT2D eigenvalue weighted by Crippen LogP contribution is -2.30. The first kappa shape index (κ1) is 12.6. The Kier molecular flexibility index (Phi) is 3.48. The maximum Gasteiger partial charge on any atom is 0.159 e. The molecule has 100 valence electrons. The molecule has 5 nitrogen and oxygen atoms in total. The molecule has 1 saturated carbocycles. The van der Waals surface area contributed by atoms with Crippen LogP contribution in [0.1, 0.15) is 25.7 Å². The summed E-state index contributed by atoms with van der Waals surface area (Å²) in [5.74, 6) is 0.687. The lowest BCUT2D eigenvalue weighted by Gasteiger charge is -2.27. The van der Waals surface area contributed by atoms with Crippen molar-refractivity contribution in [3.63, 3.8) is 0 Å². The van der Waals surface area contributed by atoms with Gasteiger partial charge in [-0.15, -0.1) is 10.2 Å². The molecular formula is C13H15ClN4O. The first-order valence-corrected chi connectivity index (χ1v) is 6.82. The van der Waals surface area contributed by atoms with Crippen molar-refractivity contribution in [3.05, 3.63) is 23.6 Å². The highest BCUT2D eigenvalue weighted by molar-refractivity contribution is 6.34. The molecule has 0 unspecified atom stereocenters. The van der Waals surface area contributed by atoms with E-state index in [0.717, 1.165) is 36.5 Å². The summed E-state index contributed by atoms with van der Waals surface area (Å²) < 4.78 is 0. The lowest BCUT2D eigenvalue weighted by molar-refractivity contribution is 0.124. The maximum atomic E-state index is 9.71. The van der Waals surface area contributed by atoms with E-state index in [1.54, 1.807) is 12.4 Å². The van der Waals surface area contributed by atoms with Gasteiger partial charge in [0.1, 0.15) is 0 Å². The van der Waals surface area contributed by atoms with E-state index in [0.29, 0.717) is 11.0 Å². The summed E-state index contributed by atoms with van der Waals surface area (Å²) in [5.41, 5.74) is 0. The van der Waals surface area contributed by atoms with Crippen molar-refractivity contribution in [2.75, 3.05) is 5.32 Å². The molecule has 3 rings (SSSR count). The first-order valence-electron chi connectivity index (χ1n) is 6.44. The lowest BCUT2D eigenvalue weighted by atomic mass is 9.93. The molecule has 2 N–H and O–H groups in total. The molecule has 1 aliphatic rings. The van der Waals surface area contributed by atoms with Crippen molar-refractivity contribution in [1.82, 2.24) is 15.2 Å². The summed E-state index contributed by atoms with van der Waals surface area (Å²) in [5, 5.41) is 23.2. The van der Waals surface area contributed by atoms with Crippen LogP contribution in [0.3, 0.4) is 0 Å². The van der Waals surface area contributed by atoms with Crippen LogP contribution in [0.25, 0.3) is 10.8 Å². The highest BCUT2D eigenvalue weighted by atomic mass is 35.5. The Morgan fingerprint density at radius 2 is 2.16 bits per heavy atom. The van der Waals surface area contributed by atoms with Crippen LogP contribution in [0.4, 0.5) is 5.82 Å². The van der Waals surface area contributed by atoms with Crippen molar-refractivity contribution < 1.29 is 5.11 Å². The van der Waals surface area contributed by atoms with E-state index in [-0.39, 0.29) is 12.1 Å². The van der Waals surface area contributed by atoms with Gasteiger partial charge in [0.2, 0.25) is 0 Å². The Morgan fingerprint density at radius 1 is 1.26 bits per heavy atom. The van der Waals surface area contributed by atoms with Gasteiger partial charge in [0.15, 0.2) is 11.0 Å². The van der Waals surface area contributed by atoms with Gasteiger partial charge in [0.05, 0.1) is 6.10 Å². The molecule has 0 saturated heterocycles. The summed E-state index contributed by atoms with van der Waals surface area (Å²) in [6.07, 6.45) is 6.87. The third kappa shape index (κ3) is 2.62. The Hall–Kier alpha value is -1.46. The normalized spacial score (nSPS) is 23.5. The van der Waals surface area contributed by atoms with Crippen LogP contribution in [-0.4, -0.2) is 32.4 Å². The molecule has 0 radical (unpaired) electrons. The number of pyridine rings is 1. The van der Waals surface area contributed by atoms with E-state index in [4.69, 9.17) is 11.6 Å².